The van der Waals surface area contributed by atoms with Gasteiger partial charge in [-0.2, -0.15) is 0 Å². The number of rotatable bonds is 6. The van der Waals surface area contributed by atoms with Crippen LogP contribution in [0.2, 0.25) is 18.1 Å². The van der Waals surface area contributed by atoms with Gasteiger partial charge in [0.25, 0.3) is 0 Å². The van der Waals surface area contributed by atoms with Gasteiger partial charge >= 0.3 is 0 Å². The van der Waals surface area contributed by atoms with Gasteiger partial charge in [0, 0.05) is 12.0 Å². The van der Waals surface area contributed by atoms with E-state index in [0.29, 0.717) is 30.2 Å². The van der Waals surface area contributed by atoms with Gasteiger partial charge in [0.1, 0.15) is 0 Å². The summed E-state index contributed by atoms with van der Waals surface area (Å²) >= 11 is 5.95. The summed E-state index contributed by atoms with van der Waals surface area (Å²) in [6.07, 6.45) is 6.79. The highest BCUT2D eigenvalue weighted by Gasteiger charge is 2.57. The van der Waals surface area contributed by atoms with Crippen LogP contribution in [0.5, 0.6) is 0 Å². The summed E-state index contributed by atoms with van der Waals surface area (Å²) in [4.78, 5) is 0. The molecule has 2 aliphatic rings. The topological polar surface area (TPSA) is 29.5 Å². The minimum Gasteiger partial charge on any atom is -0.414 e. The van der Waals surface area contributed by atoms with Crippen molar-refractivity contribution < 1.29 is 9.53 Å². The molecule has 0 radical (unpaired) electrons. The maximum absolute atomic E-state index is 11.3. The number of aliphatic hydroxyl groups is 1. The number of hydrogen-bond acceptors (Lipinski definition) is 2. The van der Waals surface area contributed by atoms with Crippen LogP contribution in [0.15, 0.2) is 12.2 Å². The molecule has 2 rings (SSSR count). The second kappa shape index (κ2) is 7.53. The molecule has 5 atom stereocenters. The second-order valence-electron chi connectivity index (χ2n) is 11.0. The summed E-state index contributed by atoms with van der Waals surface area (Å²) in [5, 5.41) is 11.6. The van der Waals surface area contributed by atoms with E-state index in [4.69, 9.17) is 16.0 Å². The van der Waals surface area contributed by atoms with Crippen LogP contribution < -0.4 is 0 Å². The van der Waals surface area contributed by atoms with Crippen molar-refractivity contribution in [3.05, 3.63) is 12.2 Å². The van der Waals surface area contributed by atoms with E-state index in [2.05, 4.69) is 47.4 Å². The lowest BCUT2D eigenvalue weighted by atomic mass is 9.60. The van der Waals surface area contributed by atoms with E-state index in [1.165, 1.54) is 25.7 Å². The Morgan fingerprint density at radius 2 is 1.85 bits per heavy atom. The van der Waals surface area contributed by atoms with Crippen molar-refractivity contribution >= 4 is 19.9 Å². The van der Waals surface area contributed by atoms with Gasteiger partial charge in [-0.05, 0) is 74.4 Å². The van der Waals surface area contributed by atoms with E-state index >= 15 is 0 Å². The summed E-state index contributed by atoms with van der Waals surface area (Å²) in [7, 11) is -1.78. The third-order valence-electron chi connectivity index (χ3n) is 7.86. The van der Waals surface area contributed by atoms with Crippen molar-refractivity contribution in [3.63, 3.8) is 0 Å². The lowest BCUT2D eigenvalue weighted by molar-refractivity contribution is -0.0862. The average molecular weight is 401 g/mol. The predicted octanol–water partition coefficient (Wildman–Crippen LogP) is 6.53. The molecule has 2 fully saturated rings. The number of hydrogen-bond donors (Lipinski definition) is 1. The van der Waals surface area contributed by atoms with Crippen molar-refractivity contribution in [2.45, 2.75) is 103 Å². The van der Waals surface area contributed by atoms with Gasteiger partial charge in [0.2, 0.25) is 0 Å². The Hall–Kier alpha value is 0.167. The summed E-state index contributed by atoms with van der Waals surface area (Å²) in [6, 6.07) is 0. The van der Waals surface area contributed by atoms with Crippen molar-refractivity contribution in [2.75, 3.05) is 5.88 Å². The van der Waals surface area contributed by atoms with E-state index in [9.17, 15) is 5.11 Å². The maximum Gasteiger partial charge on any atom is 0.192 e. The van der Waals surface area contributed by atoms with Crippen LogP contribution in [0.3, 0.4) is 0 Å². The third kappa shape index (κ3) is 4.26. The van der Waals surface area contributed by atoms with Gasteiger partial charge in [0.15, 0.2) is 8.32 Å². The first kappa shape index (κ1) is 22.5. The maximum atomic E-state index is 11.3. The van der Waals surface area contributed by atoms with Gasteiger partial charge in [0.05, 0.1) is 5.60 Å². The molecule has 0 saturated heterocycles. The molecule has 2 nitrogen and oxygen atoms in total. The Kier molecular flexibility index (Phi) is 6.51. The Balaban J connectivity index is 2.21. The van der Waals surface area contributed by atoms with Crippen LogP contribution in [0.4, 0.5) is 0 Å². The molecule has 2 aliphatic carbocycles. The molecule has 0 spiro atoms. The molecule has 0 aromatic rings. The molecule has 1 unspecified atom stereocenters. The van der Waals surface area contributed by atoms with Crippen molar-refractivity contribution in [3.8, 4) is 0 Å². The normalized spacial score (nSPS) is 35.0. The van der Waals surface area contributed by atoms with Gasteiger partial charge in [-0.15, -0.1) is 11.6 Å². The highest BCUT2D eigenvalue weighted by atomic mass is 35.5. The zero-order valence-corrected chi connectivity index (χ0v) is 19.9. The zero-order chi connectivity index (χ0) is 20.0. The van der Waals surface area contributed by atoms with E-state index in [1.54, 1.807) is 0 Å². The molecule has 26 heavy (non-hydrogen) atoms. The average Bonchev–Trinajstić information content (AvgIpc) is 2.84. The molecule has 0 amide bonds. The molecule has 0 heterocycles. The van der Waals surface area contributed by atoms with E-state index < -0.39 is 13.9 Å². The second-order valence-corrected chi connectivity index (χ2v) is 16.0. The van der Waals surface area contributed by atoms with Crippen LogP contribution >= 0.6 is 11.6 Å². The number of alkyl halides is 1. The summed E-state index contributed by atoms with van der Waals surface area (Å²) < 4.78 is 6.90. The molecule has 2 saturated carbocycles. The highest BCUT2D eigenvalue weighted by molar-refractivity contribution is 6.74. The van der Waals surface area contributed by atoms with Crippen molar-refractivity contribution in [1.29, 1.82) is 0 Å². The molecular weight excluding hydrogens is 360 g/mol. The standard InChI is InChI=1S/C22H41ClO2Si/c1-16(15-23)14-22(6,24)19-12-11-17-18(10-9-13-21(17,19)5)25-26(7,8)20(2,3)4/h17-19,24H,1,9-15H2,2-8H3/t17-,18-,19-,21-,22?/m0/s1. The first-order valence-corrected chi connectivity index (χ1v) is 13.8. The zero-order valence-electron chi connectivity index (χ0n) is 18.1. The third-order valence-corrected chi connectivity index (χ3v) is 12.7. The van der Waals surface area contributed by atoms with Gasteiger partial charge in [-0.25, -0.2) is 0 Å². The van der Waals surface area contributed by atoms with Crippen LogP contribution in [-0.2, 0) is 4.43 Å². The lowest BCUT2D eigenvalue weighted by Gasteiger charge is -2.51. The lowest BCUT2D eigenvalue weighted by Crippen LogP contribution is -2.52. The fourth-order valence-electron chi connectivity index (χ4n) is 5.51. The first-order chi connectivity index (χ1) is 11.7. The molecule has 0 aliphatic heterocycles. The first-order valence-electron chi connectivity index (χ1n) is 10.4. The Morgan fingerprint density at radius 3 is 2.38 bits per heavy atom. The summed E-state index contributed by atoms with van der Waals surface area (Å²) in [5.41, 5.74) is 0.365. The Labute approximate surface area is 167 Å². The van der Waals surface area contributed by atoms with Crippen LogP contribution in [0, 0.1) is 17.3 Å². The molecule has 0 bridgehead atoms. The molecule has 152 valence electrons. The molecular formula is C22H41ClO2Si. The molecule has 0 aromatic heterocycles. The monoisotopic (exact) mass is 400 g/mol. The van der Waals surface area contributed by atoms with Gasteiger partial charge < -0.3 is 9.53 Å². The molecule has 1 N–H and O–H groups in total. The fraction of sp³-hybridized carbons (Fsp3) is 0.909. The van der Waals surface area contributed by atoms with E-state index in [0.717, 1.165) is 12.0 Å². The van der Waals surface area contributed by atoms with E-state index in [1.807, 2.05) is 6.92 Å². The highest BCUT2D eigenvalue weighted by Crippen LogP contribution is 2.60. The van der Waals surface area contributed by atoms with E-state index in [-0.39, 0.29) is 10.5 Å². The van der Waals surface area contributed by atoms with Gasteiger partial charge in [-0.3, -0.25) is 0 Å². The minimum absolute atomic E-state index is 0.154. The van der Waals surface area contributed by atoms with Crippen LogP contribution in [-0.4, -0.2) is 31.0 Å². The van der Waals surface area contributed by atoms with Crippen molar-refractivity contribution in [2.24, 2.45) is 17.3 Å². The summed E-state index contributed by atoms with van der Waals surface area (Å²) in [5.74, 6) is 1.29. The minimum atomic E-state index is -1.78. The predicted molar refractivity (Wildman–Crippen MR) is 115 cm³/mol. The fourth-order valence-corrected chi connectivity index (χ4v) is 7.00. The number of fused-ring (bicyclic) bond motifs is 1. The summed E-state index contributed by atoms with van der Waals surface area (Å²) in [6.45, 7) is 20.1. The number of halogens is 1. The van der Waals surface area contributed by atoms with Crippen molar-refractivity contribution in [1.82, 2.24) is 0 Å². The van der Waals surface area contributed by atoms with Gasteiger partial charge in [-0.1, -0.05) is 46.3 Å². The molecule has 4 heteroatoms. The molecule has 0 aromatic carbocycles. The van der Waals surface area contributed by atoms with Crippen LogP contribution in [0.25, 0.3) is 0 Å². The smallest absolute Gasteiger partial charge is 0.192 e. The Morgan fingerprint density at radius 1 is 1.23 bits per heavy atom. The SMILES string of the molecule is C=C(CCl)CC(C)(O)[C@H]1CC[C@H]2[C@@H](O[Si](C)(C)C(C)(C)C)CCC[C@]12C. The Bertz CT molecular complexity index is 523. The quantitative estimate of drug-likeness (QED) is 0.312. The van der Waals surface area contributed by atoms with Crippen LogP contribution in [0.1, 0.15) is 73.1 Å². The largest absolute Gasteiger partial charge is 0.414 e.